The summed E-state index contributed by atoms with van der Waals surface area (Å²) >= 11 is 0.920. The van der Waals surface area contributed by atoms with E-state index in [4.69, 9.17) is 0 Å². The van der Waals surface area contributed by atoms with Crippen LogP contribution in [0.25, 0.3) is 0 Å². The van der Waals surface area contributed by atoms with Crippen molar-refractivity contribution in [2.45, 2.75) is 24.1 Å². The number of nitrogens with one attached hydrogen (secondary N) is 1. The molecule has 2 heterocycles. The van der Waals surface area contributed by atoms with Gasteiger partial charge in [-0.1, -0.05) is 0 Å². The number of amides is 1. The van der Waals surface area contributed by atoms with Crippen LogP contribution >= 0.6 is 11.3 Å². The molecule has 1 aliphatic rings. The third kappa shape index (κ3) is 3.28. The van der Waals surface area contributed by atoms with Crippen molar-refractivity contribution in [2.24, 2.45) is 0 Å². The molecule has 1 aromatic heterocycles. The van der Waals surface area contributed by atoms with Crippen LogP contribution in [0, 0.1) is 23.3 Å². The zero-order chi connectivity index (χ0) is 19.2. The average Bonchev–Trinajstić information content (AvgIpc) is 3.01. The Morgan fingerprint density at radius 2 is 1.85 bits per heavy atom. The Kier molecular flexibility index (Phi) is 4.69. The molecule has 0 saturated heterocycles. The molecule has 140 valence electrons. The first-order valence-corrected chi connectivity index (χ1v) is 9.63. The van der Waals surface area contributed by atoms with Crippen molar-refractivity contribution in [1.82, 2.24) is 4.90 Å². The molecule has 1 aromatic carbocycles. The van der Waals surface area contributed by atoms with Gasteiger partial charge in [-0.05, 0) is 18.1 Å². The number of fused-ring (bicyclic) bond motifs is 1. The van der Waals surface area contributed by atoms with Crippen LogP contribution in [0.1, 0.15) is 17.4 Å². The van der Waals surface area contributed by atoms with Crippen molar-refractivity contribution < 1.29 is 30.8 Å². The highest BCUT2D eigenvalue weighted by atomic mass is 32.2. The number of anilines is 1. The lowest BCUT2D eigenvalue weighted by atomic mass is 10.1. The van der Waals surface area contributed by atoms with Crippen molar-refractivity contribution in [1.29, 1.82) is 0 Å². The Morgan fingerprint density at radius 1 is 1.15 bits per heavy atom. The SMILES string of the molecule is CC(=O)N1CCc2sc(S(=O)(=O)Nc3cc(F)c(F)c(F)c3F)cc2C1. The van der Waals surface area contributed by atoms with E-state index >= 15 is 0 Å². The number of halogens is 4. The smallest absolute Gasteiger partial charge is 0.271 e. The normalized spacial score (nSPS) is 14.3. The van der Waals surface area contributed by atoms with Crippen LogP contribution in [0.4, 0.5) is 23.2 Å². The van der Waals surface area contributed by atoms with Crippen LogP contribution in [-0.4, -0.2) is 25.8 Å². The van der Waals surface area contributed by atoms with Gasteiger partial charge in [0.1, 0.15) is 4.21 Å². The third-order valence-electron chi connectivity index (χ3n) is 3.90. The summed E-state index contributed by atoms with van der Waals surface area (Å²) in [5.41, 5.74) is -0.396. The summed E-state index contributed by atoms with van der Waals surface area (Å²) in [5, 5.41) is 0. The number of thiophene rings is 1. The van der Waals surface area contributed by atoms with E-state index in [0.29, 0.717) is 18.5 Å². The van der Waals surface area contributed by atoms with Crippen LogP contribution in [-0.2, 0) is 27.8 Å². The first-order valence-electron chi connectivity index (χ1n) is 7.33. The molecule has 26 heavy (non-hydrogen) atoms. The Balaban J connectivity index is 1.92. The number of carbonyl (C=O) groups excluding carboxylic acids is 1. The summed E-state index contributed by atoms with van der Waals surface area (Å²) in [6.07, 6.45) is 0.462. The number of benzene rings is 1. The minimum Gasteiger partial charge on any atom is -0.338 e. The Hall–Kier alpha value is -2.14. The van der Waals surface area contributed by atoms with Gasteiger partial charge in [-0.15, -0.1) is 11.3 Å². The predicted molar refractivity (Wildman–Crippen MR) is 86.2 cm³/mol. The molecule has 1 N–H and O–H groups in total. The minimum absolute atomic E-state index is 0.149. The highest BCUT2D eigenvalue weighted by Gasteiger charge is 2.27. The van der Waals surface area contributed by atoms with Crippen LogP contribution < -0.4 is 4.72 Å². The maximum Gasteiger partial charge on any atom is 0.271 e. The Labute approximate surface area is 150 Å². The molecule has 11 heteroatoms. The maximum absolute atomic E-state index is 13.7. The molecular weight excluding hydrogens is 396 g/mol. The quantitative estimate of drug-likeness (QED) is 0.482. The predicted octanol–water partition coefficient (Wildman–Crippen LogP) is 3.01. The molecule has 0 fully saturated rings. The van der Waals surface area contributed by atoms with Crippen LogP contribution in [0.3, 0.4) is 0 Å². The minimum atomic E-state index is -4.34. The van der Waals surface area contributed by atoms with Crippen LogP contribution in [0.2, 0.25) is 0 Å². The van der Waals surface area contributed by atoms with E-state index in [0.717, 1.165) is 16.2 Å². The first-order chi connectivity index (χ1) is 12.1. The van der Waals surface area contributed by atoms with Crippen molar-refractivity contribution in [3.8, 4) is 0 Å². The fourth-order valence-electron chi connectivity index (χ4n) is 2.55. The lowest BCUT2D eigenvalue weighted by Gasteiger charge is -2.25. The largest absolute Gasteiger partial charge is 0.338 e. The summed E-state index contributed by atoms with van der Waals surface area (Å²) in [6.45, 7) is 2.08. The summed E-state index contributed by atoms with van der Waals surface area (Å²) < 4.78 is 79.6. The molecule has 0 aliphatic carbocycles. The third-order valence-corrected chi connectivity index (χ3v) is 6.98. The number of nitrogens with zero attached hydrogens (tertiary/aromatic N) is 1. The van der Waals surface area contributed by atoms with Gasteiger partial charge in [-0.3, -0.25) is 9.52 Å². The van der Waals surface area contributed by atoms with Crippen LogP contribution in [0.5, 0.6) is 0 Å². The lowest BCUT2D eigenvalue weighted by Crippen LogP contribution is -2.33. The van der Waals surface area contributed by atoms with E-state index in [9.17, 15) is 30.8 Å². The number of hydrogen-bond donors (Lipinski definition) is 1. The lowest BCUT2D eigenvalue weighted by molar-refractivity contribution is -0.129. The Morgan fingerprint density at radius 3 is 2.50 bits per heavy atom. The van der Waals surface area contributed by atoms with Gasteiger partial charge in [0.25, 0.3) is 10.0 Å². The molecule has 0 atom stereocenters. The Bertz CT molecular complexity index is 1000. The van der Waals surface area contributed by atoms with Crippen molar-refractivity contribution in [3.63, 3.8) is 0 Å². The van der Waals surface area contributed by atoms with Gasteiger partial charge in [0.05, 0.1) is 5.69 Å². The molecule has 3 rings (SSSR count). The van der Waals surface area contributed by atoms with Gasteiger partial charge in [0.15, 0.2) is 23.3 Å². The molecule has 0 bridgehead atoms. The zero-order valence-corrected chi connectivity index (χ0v) is 14.9. The topological polar surface area (TPSA) is 66.5 Å². The van der Waals surface area contributed by atoms with E-state index in [2.05, 4.69) is 0 Å². The van der Waals surface area contributed by atoms with Crippen molar-refractivity contribution >= 4 is 33.0 Å². The summed E-state index contributed by atoms with van der Waals surface area (Å²) in [7, 11) is -4.34. The summed E-state index contributed by atoms with van der Waals surface area (Å²) in [5.74, 6) is -7.84. The highest BCUT2D eigenvalue weighted by molar-refractivity contribution is 7.94. The fraction of sp³-hybridized carbons (Fsp3) is 0.267. The van der Waals surface area contributed by atoms with E-state index in [1.165, 1.54) is 13.0 Å². The van der Waals surface area contributed by atoms with E-state index in [1.54, 1.807) is 9.62 Å². The van der Waals surface area contributed by atoms with Gasteiger partial charge in [-0.25, -0.2) is 26.0 Å². The van der Waals surface area contributed by atoms with Crippen molar-refractivity contribution in [2.75, 3.05) is 11.3 Å². The molecular formula is C15H12F4N2O3S2. The maximum atomic E-state index is 13.7. The van der Waals surface area contributed by atoms with Crippen LogP contribution in [0.15, 0.2) is 16.3 Å². The number of rotatable bonds is 3. The second-order valence-corrected chi connectivity index (χ2v) is 8.70. The van der Waals surface area contributed by atoms with E-state index in [-0.39, 0.29) is 22.7 Å². The molecule has 0 unspecified atom stereocenters. The number of carbonyl (C=O) groups is 1. The van der Waals surface area contributed by atoms with Gasteiger partial charge >= 0.3 is 0 Å². The molecule has 2 aromatic rings. The molecule has 1 amide bonds. The first kappa shape index (κ1) is 18.6. The molecule has 0 radical (unpaired) electrons. The van der Waals surface area contributed by atoms with Gasteiger partial charge in [0.2, 0.25) is 5.91 Å². The molecule has 0 spiro atoms. The van der Waals surface area contributed by atoms with E-state index < -0.39 is 39.0 Å². The molecule has 5 nitrogen and oxygen atoms in total. The van der Waals surface area contributed by atoms with Gasteiger partial charge < -0.3 is 4.90 Å². The average molecular weight is 408 g/mol. The number of sulfonamides is 1. The molecule has 0 saturated carbocycles. The van der Waals surface area contributed by atoms with Gasteiger partial charge in [0, 0.05) is 31.0 Å². The standard InChI is InChI=1S/C15H12F4N2O3S2/c1-7(22)21-3-2-11-8(6-21)4-12(25-11)26(23,24)20-10-5-9(16)13(17)15(19)14(10)18/h4-5,20H,2-3,6H2,1H3. The molecule has 1 aliphatic heterocycles. The second-order valence-electron chi connectivity index (χ2n) is 5.66. The van der Waals surface area contributed by atoms with Gasteiger partial charge in [-0.2, -0.15) is 0 Å². The van der Waals surface area contributed by atoms with Crippen molar-refractivity contribution in [3.05, 3.63) is 45.8 Å². The fourth-order valence-corrected chi connectivity index (χ4v) is 5.14. The highest BCUT2D eigenvalue weighted by Crippen LogP contribution is 2.33. The zero-order valence-electron chi connectivity index (χ0n) is 13.3. The second kappa shape index (κ2) is 6.54. The monoisotopic (exact) mass is 408 g/mol. The summed E-state index contributed by atoms with van der Waals surface area (Å²) in [4.78, 5) is 13.7. The summed E-state index contributed by atoms with van der Waals surface area (Å²) in [6, 6.07) is 1.56. The van der Waals surface area contributed by atoms with E-state index in [1.807, 2.05) is 0 Å². The number of hydrogen-bond acceptors (Lipinski definition) is 4.